The lowest BCUT2D eigenvalue weighted by atomic mass is 9.96. The van der Waals surface area contributed by atoms with Crippen molar-refractivity contribution in [1.29, 1.82) is 0 Å². The Hall–Kier alpha value is -1.13. The molecule has 0 unspecified atom stereocenters. The van der Waals surface area contributed by atoms with Crippen molar-refractivity contribution in [2.75, 3.05) is 6.54 Å². The average Bonchev–Trinajstić information content (AvgIpc) is 3.33. The Balaban J connectivity index is 1.53. The first kappa shape index (κ1) is 15.4. The van der Waals surface area contributed by atoms with E-state index in [1.54, 1.807) is 11.3 Å². The van der Waals surface area contributed by atoms with Gasteiger partial charge in [0.05, 0.1) is 6.04 Å². The molecule has 0 spiro atoms. The summed E-state index contributed by atoms with van der Waals surface area (Å²) in [5.74, 6) is 1.15. The lowest BCUT2D eigenvalue weighted by Crippen LogP contribution is -2.39. The number of hydrogen-bond acceptors (Lipinski definition) is 3. The third kappa shape index (κ3) is 3.11. The van der Waals surface area contributed by atoms with E-state index >= 15 is 0 Å². The van der Waals surface area contributed by atoms with E-state index in [0.29, 0.717) is 5.91 Å². The second-order valence-corrected chi connectivity index (χ2v) is 8.72. The Kier molecular flexibility index (Phi) is 4.54. The minimum atomic E-state index is 0.154. The Bertz CT molecular complexity index is 655. The molecule has 0 bridgehead atoms. The Labute approximate surface area is 146 Å². The van der Waals surface area contributed by atoms with Gasteiger partial charge in [0.25, 0.3) is 0 Å². The standard InChI is InChI=1S/C19H23NOS2/c21-18(8-7-14-4-1-2-5-14)20-11-9-16-15(10-13-23-16)19(20)17-6-3-12-22-17/h3,6,10,12-14,19H,1-2,4-5,7-9,11H2/t19-/m0/s1. The summed E-state index contributed by atoms with van der Waals surface area (Å²) in [7, 11) is 0. The molecule has 0 aromatic carbocycles. The van der Waals surface area contributed by atoms with Crippen molar-refractivity contribution in [3.8, 4) is 0 Å². The van der Waals surface area contributed by atoms with Crippen molar-refractivity contribution >= 4 is 28.6 Å². The van der Waals surface area contributed by atoms with Crippen LogP contribution in [0, 0.1) is 5.92 Å². The number of carbonyl (C=O) groups excluding carboxylic acids is 1. The summed E-state index contributed by atoms with van der Waals surface area (Å²) >= 11 is 3.61. The molecule has 0 N–H and O–H groups in total. The van der Waals surface area contributed by atoms with Crippen molar-refractivity contribution in [1.82, 2.24) is 4.90 Å². The number of thiophene rings is 2. The molecule has 0 saturated heterocycles. The predicted molar refractivity (Wildman–Crippen MR) is 97.1 cm³/mol. The van der Waals surface area contributed by atoms with Gasteiger partial charge in [-0.05, 0) is 47.2 Å². The summed E-state index contributed by atoms with van der Waals surface area (Å²) in [6.07, 6.45) is 8.21. The maximum Gasteiger partial charge on any atom is 0.223 e. The van der Waals surface area contributed by atoms with Gasteiger partial charge in [0, 0.05) is 22.7 Å². The fraction of sp³-hybridized carbons (Fsp3) is 0.526. The second-order valence-electron chi connectivity index (χ2n) is 6.74. The van der Waals surface area contributed by atoms with E-state index in [9.17, 15) is 4.79 Å². The molecule has 1 aliphatic carbocycles. The SMILES string of the molecule is O=C(CCC1CCCC1)N1CCc2sccc2[C@H]1c1cccs1. The Morgan fingerprint density at radius 3 is 2.83 bits per heavy atom. The molecule has 4 rings (SSSR count). The molecule has 2 nitrogen and oxygen atoms in total. The van der Waals surface area contributed by atoms with Crippen LogP contribution in [0.2, 0.25) is 0 Å². The summed E-state index contributed by atoms with van der Waals surface area (Å²) in [6, 6.07) is 6.66. The van der Waals surface area contributed by atoms with E-state index in [0.717, 1.165) is 31.7 Å². The first-order valence-electron chi connectivity index (χ1n) is 8.72. The molecule has 122 valence electrons. The van der Waals surface area contributed by atoms with E-state index in [-0.39, 0.29) is 6.04 Å². The van der Waals surface area contributed by atoms with Crippen LogP contribution in [0.4, 0.5) is 0 Å². The minimum absolute atomic E-state index is 0.154. The molecular formula is C19H23NOS2. The highest BCUT2D eigenvalue weighted by Crippen LogP contribution is 2.40. The van der Waals surface area contributed by atoms with E-state index < -0.39 is 0 Å². The second kappa shape index (κ2) is 6.78. The first-order chi connectivity index (χ1) is 11.3. The quantitative estimate of drug-likeness (QED) is 0.741. The van der Waals surface area contributed by atoms with Gasteiger partial charge < -0.3 is 4.90 Å². The van der Waals surface area contributed by atoms with Crippen LogP contribution >= 0.6 is 22.7 Å². The summed E-state index contributed by atoms with van der Waals surface area (Å²) in [5.41, 5.74) is 1.36. The van der Waals surface area contributed by atoms with Gasteiger partial charge in [-0.15, -0.1) is 22.7 Å². The van der Waals surface area contributed by atoms with Crippen LogP contribution in [-0.2, 0) is 11.2 Å². The topological polar surface area (TPSA) is 20.3 Å². The molecule has 0 radical (unpaired) electrons. The summed E-state index contributed by atoms with van der Waals surface area (Å²) in [5, 5.41) is 4.30. The van der Waals surface area contributed by atoms with Gasteiger partial charge >= 0.3 is 0 Å². The van der Waals surface area contributed by atoms with E-state index in [2.05, 4.69) is 33.9 Å². The number of hydrogen-bond donors (Lipinski definition) is 0. The molecule has 1 amide bonds. The van der Waals surface area contributed by atoms with Crippen LogP contribution < -0.4 is 0 Å². The highest BCUT2D eigenvalue weighted by Gasteiger charge is 2.33. The number of rotatable bonds is 4. The zero-order chi connectivity index (χ0) is 15.6. The number of amides is 1. The zero-order valence-electron chi connectivity index (χ0n) is 13.4. The van der Waals surface area contributed by atoms with Gasteiger partial charge in [0.2, 0.25) is 5.91 Å². The molecule has 1 fully saturated rings. The highest BCUT2D eigenvalue weighted by atomic mass is 32.1. The Morgan fingerprint density at radius 1 is 1.17 bits per heavy atom. The lowest BCUT2D eigenvalue weighted by Gasteiger charge is -2.35. The average molecular weight is 346 g/mol. The number of carbonyl (C=O) groups is 1. The van der Waals surface area contributed by atoms with Crippen LogP contribution in [0.5, 0.6) is 0 Å². The maximum absolute atomic E-state index is 12.9. The fourth-order valence-electron chi connectivity index (χ4n) is 4.11. The Morgan fingerprint density at radius 2 is 2.04 bits per heavy atom. The van der Waals surface area contributed by atoms with Crippen LogP contribution in [0.3, 0.4) is 0 Å². The molecule has 1 aliphatic heterocycles. The van der Waals surface area contributed by atoms with Gasteiger partial charge in [-0.2, -0.15) is 0 Å². The van der Waals surface area contributed by atoms with E-state index in [1.807, 2.05) is 11.3 Å². The lowest BCUT2D eigenvalue weighted by molar-refractivity contribution is -0.133. The van der Waals surface area contributed by atoms with Crippen LogP contribution in [0.15, 0.2) is 29.0 Å². The minimum Gasteiger partial charge on any atom is -0.330 e. The predicted octanol–water partition coefficient (Wildman–Crippen LogP) is 5.25. The third-order valence-electron chi connectivity index (χ3n) is 5.34. The van der Waals surface area contributed by atoms with Gasteiger partial charge in [0.15, 0.2) is 0 Å². The van der Waals surface area contributed by atoms with Crippen LogP contribution in [0.1, 0.15) is 59.9 Å². The molecule has 4 heteroatoms. The molecular weight excluding hydrogens is 322 g/mol. The van der Waals surface area contributed by atoms with Crippen molar-refractivity contribution in [3.63, 3.8) is 0 Å². The largest absolute Gasteiger partial charge is 0.330 e. The van der Waals surface area contributed by atoms with Gasteiger partial charge in [0.1, 0.15) is 0 Å². The zero-order valence-corrected chi connectivity index (χ0v) is 15.0. The maximum atomic E-state index is 12.9. The molecule has 2 aromatic heterocycles. The molecule has 3 heterocycles. The summed E-state index contributed by atoms with van der Waals surface area (Å²) < 4.78 is 0. The van der Waals surface area contributed by atoms with Gasteiger partial charge in [-0.1, -0.05) is 31.7 Å². The van der Waals surface area contributed by atoms with Crippen LogP contribution in [-0.4, -0.2) is 17.4 Å². The molecule has 1 saturated carbocycles. The van der Waals surface area contributed by atoms with E-state index in [4.69, 9.17) is 0 Å². The van der Waals surface area contributed by atoms with Gasteiger partial charge in [-0.3, -0.25) is 4.79 Å². The fourth-order valence-corrected chi connectivity index (χ4v) is 5.87. The number of fused-ring (bicyclic) bond motifs is 1. The third-order valence-corrected chi connectivity index (χ3v) is 7.26. The first-order valence-corrected chi connectivity index (χ1v) is 10.5. The van der Waals surface area contributed by atoms with Crippen LogP contribution in [0.25, 0.3) is 0 Å². The monoisotopic (exact) mass is 345 g/mol. The van der Waals surface area contributed by atoms with Crippen molar-refractivity contribution in [2.24, 2.45) is 5.92 Å². The molecule has 2 aliphatic rings. The normalized spacial score (nSPS) is 21.6. The molecule has 2 aromatic rings. The smallest absolute Gasteiger partial charge is 0.223 e. The van der Waals surface area contributed by atoms with Gasteiger partial charge in [-0.25, -0.2) is 0 Å². The highest BCUT2D eigenvalue weighted by molar-refractivity contribution is 7.10. The molecule has 1 atom stereocenters. The summed E-state index contributed by atoms with van der Waals surface area (Å²) in [6.45, 7) is 0.875. The summed E-state index contributed by atoms with van der Waals surface area (Å²) in [4.78, 5) is 17.8. The number of nitrogens with zero attached hydrogens (tertiary/aromatic N) is 1. The van der Waals surface area contributed by atoms with Crippen molar-refractivity contribution in [2.45, 2.75) is 51.0 Å². The van der Waals surface area contributed by atoms with Crippen molar-refractivity contribution < 1.29 is 4.79 Å². The van der Waals surface area contributed by atoms with Crippen molar-refractivity contribution in [3.05, 3.63) is 44.3 Å². The molecule has 23 heavy (non-hydrogen) atoms. The van der Waals surface area contributed by atoms with E-state index in [1.165, 1.54) is 41.0 Å².